The van der Waals surface area contributed by atoms with Gasteiger partial charge < -0.3 is 19.3 Å². The van der Waals surface area contributed by atoms with Crippen LogP contribution in [-0.4, -0.2) is 64.5 Å². The number of carbonyl (C=O) groups excluding carboxylic acids is 2. The Labute approximate surface area is 240 Å². The molecule has 1 saturated carbocycles. The Hall–Kier alpha value is -2.82. The number of sulfonamides is 1. The lowest BCUT2D eigenvalue weighted by Gasteiger charge is -2.41. The van der Waals surface area contributed by atoms with Gasteiger partial charge in [-0.2, -0.15) is 0 Å². The lowest BCUT2D eigenvalue weighted by molar-refractivity contribution is -0.142. The number of aryl methyl sites for hydroxylation is 1. The number of rotatable bonds is 0. The number of halogens is 1. The normalized spacial score (nSPS) is 25.8. The number of anilines is 1. The van der Waals surface area contributed by atoms with Crippen LogP contribution in [0.4, 0.5) is 5.69 Å². The van der Waals surface area contributed by atoms with Gasteiger partial charge in [0.05, 0.1) is 17.2 Å². The number of amides is 2. The highest BCUT2D eigenvalue weighted by Crippen LogP contribution is 2.39. The molecule has 9 nitrogen and oxygen atoms in total. The lowest BCUT2D eigenvalue weighted by atomic mass is 9.73. The van der Waals surface area contributed by atoms with Gasteiger partial charge in [0.15, 0.2) is 0 Å². The Morgan fingerprint density at radius 1 is 1.00 bits per heavy atom. The lowest BCUT2D eigenvalue weighted by Crippen LogP contribution is -2.48. The van der Waals surface area contributed by atoms with E-state index in [1.807, 2.05) is 18.2 Å². The van der Waals surface area contributed by atoms with Gasteiger partial charge in [-0.1, -0.05) is 17.7 Å². The third-order valence-corrected chi connectivity index (χ3v) is 10.0. The van der Waals surface area contributed by atoms with E-state index in [4.69, 9.17) is 21.1 Å². The van der Waals surface area contributed by atoms with Gasteiger partial charge in [-0.3, -0.25) is 9.59 Å². The first-order valence-electron chi connectivity index (χ1n) is 13.8. The Morgan fingerprint density at radius 3 is 2.58 bits per heavy atom. The largest absolute Gasteiger partial charge is 0.487 e. The molecule has 2 bridgehead atoms. The summed E-state index contributed by atoms with van der Waals surface area (Å²) in [4.78, 5) is 28.9. The quantitative estimate of drug-likeness (QED) is 0.499. The molecule has 1 aliphatic carbocycles. The van der Waals surface area contributed by atoms with Gasteiger partial charge in [0.2, 0.25) is 5.91 Å². The summed E-state index contributed by atoms with van der Waals surface area (Å²) in [6.07, 6.45) is 4.75. The van der Waals surface area contributed by atoms with Crippen molar-refractivity contribution >= 4 is 39.1 Å². The number of benzene rings is 2. The predicted molar refractivity (Wildman–Crippen MR) is 152 cm³/mol. The highest BCUT2D eigenvalue weighted by molar-refractivity contribution is 7.90. The fourth-order valence-electron chi connectivity index (χ4n) is 5.53. The number of fused-ring (bicyclic) bond motifs is 3. The van der Waals surface area contributed by atoms with Crippen LogP contribution >= 0.6 is 11.6 Å². The molecule has 2 aliphatic heterocycles. The summed E-state index contributed by atoms with van der Waals surface area (Å²) in [5, 5.41) is 0.692. The molecule has 1 fully saturated rings. The molecule has 5 rings (SSSR count). The zero-order chi connectivity index (χ0) is 28.4. The molecule has 0 spiro atoms. The number of nitrogens with zero attached hydrogens (tertiary/aromatic N) is 2. The molecule has 40 heavy (non-hydrogen) atoms. The molecule has 2 heterocycles. The van der Waals surface area contributed by atoms with Crippen LogP contribution in [0.25, 0.3) is 0 Å². The van der Waals surface area contributed by atoms with Gasteiger partial charge in [-0.15, -0.1) is 0 Å². The van der Waals surface area contributed by atoms with E-state index in [0.29, 0.717) is 54.6 Å². The molecule has 1 N–H and O–H groups in total. The topological polar surface area (TPSA) is 105 Å². The molecule has 3 atom stereocenters. The molecular weight excluding hydrogens is 554 g/mol. The minimum absolute atomic E-state index is 0.0305. The van der Waals surface area contributed by atoms with E-state index in [2.05, 4.69) is 9.62 Å². The average Bonchev–Trinajstić information content (AvgIpc) is 2.94. The van der Waals surface area contributed by atoms with E-state index in [1.165, 1.54) is 24.9 Å². The summed E-state index contributed by atoms with van der Waals surface area (Å²) >= 11 is 6.28. The zero-order valence-corrected chi connectivity index (χ0v) is 24.5. The summed E-state index contributed by atoms with van der Waals surface area (Å²) < 4.78 is 41.0. The molecule has 216 valence electrons. The molecule has 0 saturated heterocycles. The highest BCUT2D eigenvalue weighted by Gasteiger charge is 2.35. The third kappa shape index (κ3) is 6.24. The van der Waals surface area contributed by atoms with Crippen LogP contribution in [0.5, 0.6) is 5.75 Å². The van der Waals surface area contributed by atoms with Crippen molar-refractivity contribution in [1.29, 1.82) is 0 Å². The predicted octanol–water partition coefficient (Wildman–Crippen LogP) is 3.77. The highest BCUT2D eigenvalue weighted by atomic mass is 35.5. The second kappa shape index (κ2) is 12.0. The van der Waals surface area contributed by atoms with Crippen molar-refractivity contribution < 1.29 is 27.5 Å². The van der Waals surface area contributed by atoms with E-state index in [1.54, 1.807) is 12.1 Å². The maximum atomic E-state index is 13.3. The second-order valence-corrected chi connectivity index (χ2v) is 13.1. The number of hydrogen-bond donors (Lipinski definition) is 1. The molecule has 2 amide bonds. The van der Waals surface area contributed by atoms with Gasteiger partial charge in [-0.05, 0) is 92.3 Å². The van der Waals surface area contributed by atoms with Gasteiger partial charge >= 0.3 is 0 Å². The number of ether oxygens (including phenoxy) is 2. The molecular formula is C29H36ClN3O6S. The molecule has 0 aromatic heterocycles. The fourth-order valence-corrected chi connectivity index (χ4v) is 6.80. The first-order valence-corrected chi connectivity index (χ1v) is 15.7. The van der Waals surface area contributed by atoms with Crippen LogP contribution < -0.4 is 14.4 Å². The van der Waals surface area contributed by atoms with Crippen molar-refractivity contribution in [3.05, 3.63) is 52.5 Å². The summed E-state index contributed by atoms with van der Waals surface area (Å²) in [6.45, 7) is 3.55. The Morgan fingerprint density at radius 2 is 1.80 bits per heavy atom. The van der Waals surface area contributed by atoms with Crippen molar-refractivity contribution in [2.75, 3.05) is 38.3 Å². The number of likely N-dealkylation sites (N-methyl/N-ethyl adjacent to an activating group) is 1. The average molecular weight is 590 g/mol. The van der Waals surface area contributed by atoms with Crippen molar-refractivity contribution in [3.8, 4) is 5.75 Å². The van der Waals surface area contributed by atoms with Gasteiger partial charge in [0.25, 0.3) is 15.9 Å². The Kier molecular flexibility index (Phi) is 8.58. The third-order valence-electron chi connectivity index (χ3n) is 8.43. The zero-order valence-electron chi connectivity index (χ0n) is 22.9. The van der Waals surface area contributed by atoms with Gasteiger partial charge in [-0.25, -0.2) is 13.1 Å². The number of carbonyl (C=O) groups is 2. The standard InChI is InChI=1S/C29H36ClN3O6S/c1-19-29(35)31-40(36,37)25-10-11-27-26(14-25)33(15-21-6-7-22(21)16-38-18-28(34)32(19)2)12-4-3-5-20-13-24(30)9-8-23(20)17-39-27/h8-11,13-14,19,21-22H,3-7,12,15-18H2,1-2H3,(H,31,35)/t19?,21-,22-/m0/s1. The molecule has 11 heteroatoms. The van der Waals surface area contributed by atoms with E-state index >= 15 is 0 Å². The van der Waals surface area contributed by atoms with Crippen LogP contribution in [0.15, 0.2) is 41.3 Å². The SMILES string of the molecule is CC1C(=O)NS(=O)(=O)c2ccc3c(c2)N(CCCCc2cc(Cl)ccc2CO3)C[C@@H]2CC[C@H]2COCC(=O)N1C. The first kappa shape index (κ1) is 28.7. The molecule has 1 unspecified atom stereocenters. The number of hydrogen-bond acceptors (Lipinski definition) is 7. The van der Waals surface area contributed by atoms with Gasteiger partial charge in [0, 0.05) is 25.2 Å². The maximum Gasteiger partial charge on any atom is 0.264 e. The Bertz CT molecular complexity index is 1380. The van der Waals surface area contributed by atoms with Crippen molar-refractivity contribution in [2.45, 2.75) is 56.6 Å². The first-order chi connectivity index (χ1) is 19.1. The van der Waals surface area contributed by atoms with Crippen LogP contribution in [0.1, 0.15) is 43.7 Å². The molecule has 3 aliphatic rings. The van der Waals surface area contributed by atoms with E-state index in [-0.39, 0.29) is 17.4 Å². The van der Waals surface area contributed by atoms with Crippen LogP contribution in [0, 0.1) is 11.8 Å². The van der Waals surface area contributed by atoms with E-state index in [9.17, 15) is 18.0 Å². The summed E-state index contributed by atoms with van der Waals surface area (Å²) in [6, 6.07) is 9.55. The van der Waals surface area contributed by atoms with Crippen LogP contribution in [0.2, 0.25) is 5.02 Å². The molecule has 2 aromatic carbocycles. The van der Waals surface area contributed by atoms with E-state index in [0.717, 1.165) is 43.2 Å². The van der Waals surface area contributed by atoms with Crippen molar-refractivity contribution in [1.82, 2.24) is 9.62 Å². The summed E-state index contributed by atoms with van der Waals surface area (Å²) in [5.41, 5.74) is 2.89. The van der Waals surface area contributed by atoms with E-state index < -0.39 is 22.0 Å². The smallest absolute Gasteiger partial charge is 0.264 e. The molecule has 0 radical (unpaired) electrons. The minimum atomic E-state index is -4.21. The molecule has 2 aromatic rings. The second-order valence-electron chi connectivity index (χ2n) is 11.0. The minimum Gasteiger partial charge on any atom is -0.487 e. The van der Waals surface area contributed by atoms with Crippen LogP contribution in [-0.2, 0) is 37.4 Å². The monoisotopic (exact) mass is 589 g/mol. The fraction of sp³-hybridized carbons (Fsp3) is 0.517. The summed E-state index contributed by atoms with van der Waals surface area (Å²) in [5.74, 6) is 0.0596. The van der Waals surface area contributed by atoms with Gasteiger partial charge in [0.1, 0.15) is 25.0 Å². The van der Waals surface area contributed by atoms with Crippen molar-refractivity contribution in [3.63, 3.8) is 0 Å². The maximum absolute atomic E-state index is 13.3. The van der Waals surface area contributed by atoms with Crippen molar-refractivity contribution in [2.24, 2.45) is 11.8 Å². The summed E-state index contributed by atoms with van der Waals surface area (Å²) in [7, 11) is -2.74. The number of nitrogens with one attached hydrogen (secondary N) is 1. The Balaban J connectivity index is 1.53. The van der Waals surface area contributed by atoms with Crippen LogP contribution in [0.3, 0.4) is 0 Å².